The molecule has 128 valence electrons. The van der Waals surface area contributed by atoms with Gasteiger partial charge < -0.3 is 0 Å². The highest BCUT2D eigenvalue weighted by Gasteiger charge is 1.97. The van der Waals surface area contributed by atoms with Gasteiger partial charge in [-0.25, -0.2) is 0 Å². The molecule has 0 radical (unpaired) electrons. The van der Waals surface area contributed by atoms with Crippen molar-refractivity contribution in [2.45, 2.75) is 65.2 Å². The van der Waals surface area contributed by atoms with Gasteiger partial charge in [-0.3, -0.25) is 0 Å². The van der Waals surface area contributed by atoms with Crippen LogP contribution in [0.4, 0.5) is 0 Å². The summed E-state index contributed by atoms with van der Waals surface area (Å²) in [6.07, 6.45) is 17.7. The molecule has 0 spiro atoms. The molecule has 0 nitrogen and oxygen atoms in total. The van der Waals surface area contributed by atoms with E-state index in [4.69, 9.17) is 0 Å². The zero-order valence-corrected chi connectivity index (χ0v) is 15.4. The zero-order valence-electron chi connectivity index (χ0n) is 15.4. The summed E-state index contributed by atoms with van der Waals surface area (Å²) in [7, 11) is 0. The van der Waals surface area contributed by atoms with Crippen LogP contribution < -0.4 is 0 Å². The van der Waals surface area contributed by atoms with E-state index in [1.807, 2.05) is 0 Å². The second-order valence-corrected chi connectivity index (χ2v) is 6.75. The first kappa shape index (κ1) is 18.5. The maximum atomic E-state index is 2.32. The summed E-state index contributed by atoms with van der Waals surface area (Å²) in [5.74, 6) is 0. The zero-order chi connectivity index (χ0) is 17.0. The molecule has 0 fully saturated rings. The van der Waals surface area contributed by atoms with Crippen LogP contribution in [0.5, 0.6) is 0 Å². The van der Waals surface area contributed by atoms with Crippen LogP contribution in [0, 0.1) is 0 Å². The molecule has 2 aromatic carbocycles. The van der Waals surface area contributed by atoms with E-state index in [0.717, 1.165) is 0 Å². The lowest BCUT2D eigenvalue weighted by Crippen LogP contribution is -1.80. The van der Waals surface area contributed by atoms with Crippen LogP contribution in [0.3, 0.4) is 0 Å². The van der Waals surface area contributed by atoms with Crippen LogP contribution in [0.1, 0.15) is 70.8 Å². The van der Waals surface area contributed by atoms with Crippen molar-refractivity contribution >= 4 is 16.3 Å². The second kappa shape index (κ2) is 10.9. The van der Waals surface area contributed by atoms with Crippen molar-refractivity contribution in [3.8, 4) is 0 Å². The fourth-order valence-corrected chi connectivity index (χ4v) is 3.06. The van der Waals surface area contributed by atoms with Crippen molar-refractivity contribution in [3.63, 3.8) is 0 Å². The molecule has 0 aliphatic rings. The maximum absolute atomic E-state index is 2.32. The standard InChI is InChI=1S/C24H32/c1-3-4-5-6-7-8-9-10-11-12-15-21(2)23-19-18-22-16-13-14-17-24(22)20-23/h11-20H,3-10H2,1-2H3/b12-11+,21-15-. The summed E-state index contributed by atoms with van der Waals surface area (Å²) in [5.41, 5.74) is 2.64. The summed E-state index contributed by atoms with van der Waals surface area (Å²) >= 11 is 0. The van der Waals surface area contributed by atoms with Crippen molar-refractivity contribution in [1.82, 2.24) is 0 Å². The summed E-state index contributed by atoms with van der Waals surface area (Å²) < 4.78 is 0. The van der Waals surface area contributed by atoms with E-state index in [1.54, 1.807) is 0 Å². The first-order chi connectivity index (χ1) is 11.8. The number of hydrogen-bond donors (Lipinski definition) is 0. The Kier molecular flexibility index (Phi) is 8.38. The topological polar surface area (TPSA) is 0 Å². The Labute approximate surface area is 148 Å². The minimum Gasteiger partial charge on any atom is -0.0845 e. The molecule has 0 saturated carbocycles. The van der Waals surface area contributed by atoms with Gasteiger partial charge >= 0.3 is 0 Å². The molecule has 0 saturated heterocycles. The largest absolute Gasteiger partial charge is 0.0845 e. The van der Waals surface area contributed by atoms with Crippen LogP contribution in [0.2, 0.25) is 0 Å². The molecule has 24 heavy (non-hydrogen) atoms. The SMILES string of the molecule is CCCCCCCCC/C=C/C=C(/C)c1ccc2ccccc2c1. The lowest BCUT2D eigenvalue weighted by molar-refractivity contribution is 0.592. The normalized spacial score (nSPS) is 12.3. The van der Waals surface area contributed by atoms with Gasteiger partial charge in [0.15, 0.2) is 0 Å². The smallest absolute Gasteiger partial charge is 0.0178 e. The van der Waals surface area contributed by atoms with E-state index >= 15 is 0 Å². The van der Waals surface area contributed by atoms with Crippen LogP contribution in [-0.2, 0) is 0 Å². The molecule has 0 aliphatic carbocycles. The average Bonchev–Trinajstić information content (AvgIpc) is 2.62. The molecule has 0 N–H and O–H groups in total. The van der Waals surface area contributed by atoms with E-state index in [2.05, 4.69) is 74.5 Å². The summed E-state index contributed by atoms with van der Waals surface area (Å²) in [6, 6.07) is 15.3. The van der Waals surface area contributed by atoms with Crippen molar-refractivity contribution in [2.24, 2.45) is 0 Å². The highest BCUT2D eigenvalue weighted by Crippen LogP contribution is 2.21. The molecule has 0 heterocycles. The molecule has 0 unspecified atom stereocenters. The van der Waals surface area contributed by atoms with E-state index in [1.165, 1.54) is 73.3 Å². The summed E-state index contributed by atoms with van der Waals surface area (Å²) in [4.78, 5) is 0. The van der Waals surface area contributed by atoms with Gasteiger partial charge in [-0.05, 0) is 47.7 Å². The van der Waals surface area contributed by atoms with Crippen LogP contribution in [0.25, 0.3) is 16.3 Å². The second-order valence-electron chi connectivity index (χ2n) is 6.75. The quantitative estimate of drug-likeness (QED) is 0.308. The predicted octanol–water partition coefficient (Wildman–Crippen LogP) is 7.94. The molecular formula is C24H32. The molecule has 0 bridgehead atoms. The highest BCUT2D eigenvalue weighted by molar-refractivity contribution is 5.86. The van der Waals surface area contributed by atoms with Gasteiger partial charge in [-0.2, -0.15) is 0 Å². The third-order valence-electron chi connectivity index (χ3n) is 4.66. The first-order valence-corrected chi connectivity index (χ1v) is 9.64. The molecule has 2 aromatic rings. The van der Waals surface area contributed by atoms with Crippen molar-refractivity contribution in [3.05, 3.63) is 66.3 Å². The minimum absolute atomic E-state index is 1.20. The monoisotopic (exact) mass is 320 g/mol. The van der Waals surface area contributed by atoms with Crippen molar-refractivity contribution in [1.29, 1.82) is 0 Å². The van der Waals surface area contributed by atoms with Gasteiger partial charge in [0, 0.05) is 0 Å². The van der Waals surface area contributed by atoms with Gasteiger partial charge in [-0.1, -0.05) is 100 Å². The lowest BCUT2D eigenvalue weighted by Gasteiger charge is -2.03. The summed E-state index contributed by atoms with van der Waals surface area (Å²) in [5, 5.41) is 2.62. The number of unbranched alkanes of at least 4 members (excludes halogenated alkanes) is 7. The molecule has 0 aromatic heterocycles. The molecule has 0 atom stereocenters. The molecule has 0 amide bonds. The number of rotatable bonds is 10. The Morgan fingerprint density at radius 1 is 0.833 bits per heavy atom. The Balaban J connectivity index is 1.74. The first-order valence-electron chi connectivity index (χ1n) is 9.64. The van der Waals surface area contributed by atoms with E-state index in [0.29, 0.717) is 0 Å². The van der Waals surface area contributed by atoms with Gasteiger partial charge in [-0.15, -0.1) is 0 Å². The van der Waals surface area contributed by atoms with E-state index in [9.17, 15) is 0 Å². The van der Waals surface area contributed by atoms with E-state index in [-0.39, 0.29) is 0 Å². The summed E-state index contributed by atoms with van der Waals surface area (Å²) in [6.45, 7) is 4.47. The molecule has 2 rings (SSSR count). The maximum Gasteiger partial charge on any atom is -0.0178 e. The fraction of sp³-hybridized carbons (Fsp3) is 0.417. The van der Waals surface area contributed by atoms with Gasteiger partial charge in [0.1, 0.15) is 0 Å². The Hall–Kier alpha value is -1.82. The Bertz CT molecular complexity index is 661. The van der Waals surface area contributed by atoms with Crippen LogP contribution in [-0.4, -0.2) is 0 Å². The van der Waals surface area contributed by atoms with Crippen molar-refractivity contribution in [2.75, 3.05) is 0 Å². The van der Waals surface area contributed by atoms with Crippen molar-refractivity contribution < 1.29 is 0 Å². The lowest BCUT2D eigenvalue weighted by atomic mass is 10.0. The van der Waals surface area contributed by atoms with E-state index < -0.39 is 0 Å². The Morgan fingerprint density at radius 2 is 1.54 bits per heavy atom. The number of fused-ring (bicyclic) bond motifs is 1. The van der Waals surface area contributed by atoms with Crippen LogP contribution >= 0.6 is 0 Å². The number of hydrogen-bond acceptors (Lipinski definition) is 0. The van der Waals surface area contributed by atoms with Gasteiger partial charge in [0.05, 0.1) is 0 Å². The molecule has 0 aliphatic heterocycles. The minimum atomic E-state index is 1.20. The number of allylic oxidation sites excluding steroid dienone is 4. The molecule has 0 heteroatoms. The van der Waals surface area contributed by atoms with Gasteiger partial charge in [0.25, 0.3) is 0 Å². The molecular weight excluding hydrogens is 288 g/mol. The third kappa shape index (κ3) is 6.35. The third-order valence-corrected chi connectivity index (χ3v) is 4.66. The average molecular weight is 321 g/mol. The highest BCUT2D eigenvalue weighted by atomic mass is 14.0. The predicted molar refractivity (Wildman–Crippen MR) is 109 cm³/mol. The number of benzene rings is 2. The van der Waals surface area contributed by atoms with Gasteiger partial charge in [0.2, 0.25) is 0 Å². The fourth-order valence-electron chi connectivity index (χ4n) is 3.06. The Morgan fingerprint density at radius 3 is 2.33 bits per heavy atom. The van der Waals surface area contributed by atoms with Crippen LogP contribution in [0.15, 0.2) is 60.7 Å².